The fourth-order valence-electron chi connectivity index (χ4n) is 6.28. The van der Waals surface area contributed by atoms with Crippen LogP contribution in [0.4, 0.5) is 5.69 Å². The maximum Gasteiger partial charge on any atom is 0.252 e. The van der Waals surface area contributed by atoms with Crippen LogP contribution in [-0.4, -0.2) is 78.8 Å². The lowest BCUT2D eigenvalue weighted by atomic mass is 10.1. The third kappa shape index (κ3) is 9.55. The van der Waals surface area contributed by atoms with Crippen LogP contribution < -0.4 is 15.2 Å². The van der Waals surface area contributed by atoms with Gasteiger partial charge in [-0.1, -0.05) is 51.5 Å². The van der Waals surface area contributed by atoms with Crippen molar-refractivity contribution in [1.82, 2.24) is 14.4 Å². The number of unbranched alkanes of at least 4 members (excludes halogenated alkanes) is 7. The average molecular weight is 649 g/mol. The molecular weight excluding hydrogens is 596 g/mol. The number of thiophene rings is 1. The van der Waals surface area contributed by atoms with E-state index in [9.17, 15) is 9.90 Å². The normalized spacial score (nSPS) is 14.9. The van der Waals surface area contributed by atoms with Crippen LogP contribution in [0.1, 0.15) is 64.7 Å². The summed E-state index contributed by atoms with van der Waals surface area (Å²) in [6.07, 6.45) is 9.51. The second kappa shape index (κ2) is 17.8. The summed E-state index contributed by atoms with van der Waals surface area (Å²) in [6.45, 7) is 8.92. The molecule has 1 unspecified atom stereocenters. The third-order valence-corrected chi connectivity index (χ3v) is 10.0. The zero-order chi connectivity index (χ0) is 32.1. The van der Waals surface area contributed by atoms with E-state index in [1.807, 2.05) is 42.6 Å². The van der Waals surface area contributed by atoms with E-state index in [1.165, 1.54) is 47.9 Å². The lowest BCUT2D eigenvalue weighted by Crippen LogP contribution is -2.46. The number of nitrogens with zero attached hydrogens (tertiary/aromatic N) is 4. The number of rotatable bonds is 19. The van der Waals surface area contributed by atoms with Gasteiger partial charge in [-0.15, -0.1) is 11.3 Å². The smallest absolute Gasteiger partial charge is 0.252 e. The number of aliphatic hydroxyl groups is 1. The molecule has 5 rings (SSSR count). The van der Waals surface area contributed by atoms with E-state index in [4.69, 9.17) is 9.47 Å². The van der Waals surface area contributed by atoms with Crippen LogP contribution in [0.2, 0.25) is 0 Å². The summed E-state index contributed by atoms with van der Waals surface area (Å²) in [5.41, 5.74) is 1.93. The highest BCUT2D eigenvalue weighted by molar-refractivity contribution is 7.17. The van der Waals surface area contributed by atoms with E-state index in [-0.39, 0.29) is 12.3 Å². The Balaban J connectivity index is 1.03. The van der Waals surface area contributed by atoms with Crippen molar-refractivity contribution in [3.63, 3.8) is 0 Å². The summed E-state index contributed by atoms with van der Waals surface area (Å²) < 4.78 is 14.8. The fraction of sp³-hybridized carbons (Fsp3) is 0.541. The first-order chi connectivity index (χ1) is 22.5. The minimum atomic E-state index is -1.07. The Kier molecular flexibility index (Phi) is 13.3. The molecule has 0 radical (unpaired) electrons. The van der Waals surface area contributed by atoms with Crippen molar-refractivity contribution < 1.29 is 14.6 Å². The lowest BCUT2D eigenvalue weighted by molar-refractivity contribution is -0.203. The van der Waals surface area contributed by atoms with Crippen LogP contribution in [0.15, 0.2) is 64.8 Å². The van der Waals surface area contributed by atoms with Crippen molar-refractivity contribution in [2.75, 3.05) is 57.8 Å². The number of anilines is 1. The largest absolute Gasteiger partial charge is 0.494 e. The summed E-state index contributed by atoms with van der Waals surface area (Å²) in [7, 11) is 1.85. The van der Waals surface area contributed by atoms with Crippen molar-refractivity contribution in [2.45, 2.75) is 77.9 Å². The Morgan fingerprint density at radius 3 is 2.52 bits per heavy atom. The highest BCUT2D eigenvalue weighted by Gasteiger charge is 2.19. The molecule has 1 saturated heterocycles. The van der Waals surface area contributed by atoms with Crippen LogP contribution in [-0.2, 0) is 11.5 Å². The number of hydrogen-bond donors (Lipinski definition) is 1. The zero-order valence-corrected chi connectivity index (χ0v) is 28.6. The molecule has 3 heterocycles. The van der Waals surface area contributed by atoms with Gasteiger partial charge in [0.05, 0.1) is 12.1 Å². The number of aromatic nitrogens is 1. The molecule has 250 valence electrons. The minimum absolute atomic E-state index is 0.0299. The van der Waals surface area contributed by atoms with Crippen LogP contribution in [0.3, 0.4) is 0 Å². The van der Waals surface area contributed by atoms with Gasteiger partial charge in [0.1, 0.15) is 12.5 Å². The number of piperazine rings is 1. The molecule has 1 aliphatic rings. The topological polar surface area (TPSA) is 70.4 Å². The standard InChI is InChI=1S/C37H52N4O4S/c1-3-4-5-6-7-8-9-20-38(2)37(43)45-29-41-34-28-31(17-15-30(34)16-18-36(41)42)44-26-11-10-21-39-22-24-40(25-23-39)33-13-12-14-35-32(33)19-27-46-35/h12-19,27-28,37,43H,3-11,20-26,29H2,1-2H3. The number of ether oxygens (including phenoxy) is 2. The lowest BCUT2D eigenvalue weighted by Gasteiger charge is -2.36. The maximum absolute atomic E-state index is 12.8. The molecule has 0 spiro atoms. The predicted molar refractivity (Wildman–Crippen MR) is 191 cm³/mol. The van der Waals surface area contributed by atoms with E-state index < -0.39 is 6.41 Å². The molecule has 46 heavy (non-hydrogen) atoms. The molecule has 1 aliphatic heterocycles. The molecule has 4 aromatic rings. The number of hydrogen-bond acceptors (Lipinski definition) is 8. The summed E-state index contributed by atoms with van der Waals surface area (Å²) in [4.78, 5) is 19.7. The average Bonchev–Trinajstić information content (AvgIpc) is 3.57. The quantitative estimate of drug-likeness (QED) is 0.0857. The Morgan fingerprint density at radius 2 is 1.70 bits per heavy atom. The van der Waals surface area contributed by atoms with Gasteiger partial charge in [0, 0.05) is 60.6 Å². The van der Waals surface area contributed by atoms with Crippen LogP contribution in [0, 0.1) is 0 Å². The molecule has 1 fully saturated rings. The van der Waals surface area contributed by atoms with Gasteiger partial charge in [-0.25, -0.2) is 0 Å². The summed E-state index contributed by atoms with van der Waals surface area (Å²) in [5, 5.41) is 15.1. The molecule has 1 N–H and O–H groups in total. The number of pyridine rings is 1. The fourth-order valence-corrected chi connectivity index (χ4v) is 7.09. The summed E-state index contributed by atoms with van der Waals surface area (Å²) >= 11 is 1.81. The van der Waals surface area contributed by atoms with E-state index >= 15 is 0 Å². The number of aliphatic hydroxyl groups excluding tert-OH is 1. The second-order valence-electron chi connectivity index (χ2n) is 12.5. The SMILES string of the molecule is CCCCCCCCCN(C)C(O)OCn1c(=O)ccc2ccc(OCCCCN3CCN(c4cccc5sccc45)CC3)cc21. The van der Waals surface area contributed by atoms with Gasteiger partial charge >= 0.3 is 0 Å². The molecule has 0 amide bonds. The first kappa shape index (κ1) is 34.4. The number of fused-ring (bicyclic) bond motifs is 2. The van der Waals surface area contributed by atoms with Crippen LogP contribution in [0.5, 0.6) is 5.75 Å². The molecule has 0 aliphatic carbocycles. The van der Waals surface area contributed by atoms with E-state index in [1.54, 1.807) is 15.5 Å². The predicted octanol–water partition coefficient (Wildman–Crippen LogP) is 7.13. The summed E-state index contributed by atoms with van der Waals surface area (Å²) in [6, 6.07) is 18.1. The monoisotopic (exact) mass is 648 g/mol. The first-order valence-electron chi connectivity index (χ1n) is 17.2. The molecule has 2 aromatic carbocycles. The van der Waals surface area contributed by atoms with Gasteiger partial charge in [-0.3, -0.25) is 19.2 Å². The highest BCUT2D eigenvalue weighted by Crippen LogP contribution is 2.31. The van der Waals surface area contributed by atoms with Crippen molar-refractivity contribution in [3.8, 4) is 5.75 Å². The van der Waals surface area contributed by atoms with Crippen LogP contribution in [0.25, 0.3) is 21.0 Å². The third-order valence-electron chi connectivity index (χ3n) is 9.13. The van der Waals surface area contributed by atoms with Crippen molar-refractivity contribution >= 4 is 38.0 Å². The van der Waals surface area contributed by atoms with Gasteiger partial charge in [0.15, 0.2) is 0 Å². The highest BCUT2D eigenvalue weighted by atomic mass is 32.1. The van der Waals surface area contributed by atoms with Crippen molar-refractivity contribution in [1.29, 1.82) is 0 Å². The Bertz CT molecular complexity index is 1550. The Hall–Kier alpha value is -2.95. The molecular formula is C37H52N4O4S. The second-order valence-corrected chi connectivity index (χ2v) is 13.5. The maximum atomic E-state index is 12.8. The zero-order valence-electron chi connectivity index (χ0n) is 27.7. The van der Waals surface area contributed by atoms with Gasteiger partial charge in [-0.2, -0.15) is 0 Å². The molecule has 9 heteroatoms. The van der Waals surface area contributed by atoms with Gasteiger partial charge < -0.3 is 19.5 Å². The molecule has 1 atom stereocenters. The van der Waals surface area contributed by atoms with Gasteiger partial charge in [-0.05, 0) is 80.0 Å². The summed E-state index contributed by atoms with van der Waals surface area (Å²) in [5.74, 6) is 0.736. The van der Waals surface area contributed by atoms with Gasteiger partial charge in [0.25, 0.3) is 5.56 Å². The van der Waals surface area contributed by atoms with Gasteiger partial charge in [0.2, 0.25) is 6.41 Å². The Morgan fingerprint density at radius 1 is 0.913 bits per heavy atom. The molecule has 0 bridgehead atoms. The molecule has 2 aromatic heterocycles. The number of benzene rings is 2. The van der Waals surface area contributed by atoms with E-state index in [2.05, 4.69) is 46.4 Å². The van der Waals surface area contributed by atoms with E-state index in [0.29, 0.717) is 6.61 Å². The van der Waals surface area contributed by atoms with E-state index in [0.717, 1.165) is 81.6 Å². The van der Waals surface area contributed by atoms with Crippen LogP contribution >= 0.6 is 11.3 Å². The minimum Gasteiger partial charge on any atom is -0.494 e. The molecule has 0 saturated carbocycles. The van der Waals surface area contributed by atoms with Crippen molar-refractivity contribution in [2.24, 2.45) is 0 Å². The Labute approximate surface area is 278 Å². The molecule has 8 nitrogen and oxygen atoms in total. The first-order valence-corrected chi connectivity index (χ1v) is 18.1. The van der Waals surface area contributed by atoms with Crippen molar-refractivity contribution in [3.05, 3.63) is 70.3 Å².